The van der Waals surface area contributed by atoms with Crippen molar-refractivity contribution < 1.29 is 9.59 Å². The highest BCUT2D eigenvalue weighted by atomic mass is 16.2. The van der Waals surface area contributed by atoms with Gasteiger partial charge < -0.3 is 10.2 Å². The lowest BCUT2D eigenvalue weighted by Crippen LogP contribution is -2.65. The van der Waals surface area contributed by atoms with Crippen LogP contribution < -0.4 is 5.32 Å². The van der Waals surface area contributed by atoms with Crippen molar-refractivity contribution in [2.24, 2.45) is 11.8 Å². The van der Waals surface area contributed by atoms with Gasteiger partial charge in [0.2, 0.25) is 11.8 Å². The molecule has 2 heterocycles. The van der Waals surface area contributed by atoms with Gasteiger partial charge in [0, 0.05) is 6.20 Å². The molecule has 1 N–H and O–H groups in total. The Hall–Kier alpha value is -1.98. The molecule has 2 rings (SSSR count). The third kappa shape index (κ3) is 3.20. The van der Waals surface area contributed by atoms with Crippen LogP contribution >= 0.6 is 0 Å². The molecule has 0 bridgehead atoms. The average Bonchev–Trinajstić information content (AvgIpc) is 2.43. The van der Waals surface area contributed by atoms with Crippen LogP contribution in [0.4, 0.5) is 0 Å². The summed E-state index contributed by atoms with van der Waals surface area (Å²) < 4.78 is 0. The molecule has 1 aromatic heterocycles. The highest BCUT2D eigenvalue weighted by molar-refractivity contribution is 5.97. The monoisotopic (exact) mass is 290 g/mol. The van der Waals surface area contributed by atoms with Crippen molar-refractivity contribution in [1.82, 2.24) is 20.4 Å². The van der Waals surface area contributed by atoms with Crippen LogP contribution in [-0.2, 0) is 16.1 Å². The van der Waals surface area contributed by atoms with Gasteiger partial charge in [0.25, 0.3) is 0 Å². The Morgan fingerprint density at radius 3 is 2.48 bits per heavy atom. The molecule has 0 aliphatic carbocycles. The Morgan fingerprint density at radius 1 is 1.24 bits per heavy atom. The van der Waals surface area contributed by atoms with E-state index in [4.69, 9.17) is 0 Å². The molecule has 1 aliphatic rings. The van der Waals surface area contributed by atoms with E-state index in [1.165, 1.54) is 0 Å². The minimum absolute atomic E-state index is 0.0405. The second kappa shape index (κ2) is 6.20. The van der Waals surface area contributed by atoms with Crippen molar-refractivity contribution in [3.63, 3.8) is 0 Å². The molecular weight excluding hydrogens is 268 g/mol. The number of carbonyl (C=O) groups is 2. The van der Waals surface area contributed by atoms with E-state index in [1.54, 1.807) is 17.2 Å². The lowest BCUT2D eigenvalue weighted by Gasteiger charge is -2.41. The van der Waals surface area contributed by atoms with Gasteiger partial charge in [-0.25, -0.2) is 0 Å². The van der Waals surface area contributed by atoms with Crippen LogP contribution in [0.25, 0.3) is 0 Å². The Morgan fingerprint density at radius 2 is 1.95 bits per heavy atom. The number of hydrogen-bond donors (Lipinski definition) is 1. The van der Waals surface area contributed by atoms with Crippen LogP contribution in [0.5, 0.6) is 0 Å². The molecule has 0 radical (unpaired) electrons. The number of piperazine rings is 1. The first-order chi connectivity index (χ1) is 9.91. The van der Waals surface area contributed by atoms with Crippen molar-refractivity contribution >= 4 is 11.8 Å². The highest BCUT2D eigenvalue weighted by Gasteiger charge is 2.42. The van der Waals surface area contributed by atoms with E-state index < -0.39 is 12.1 Å². The summed E-state index contributed by atoms with van der Waals surface area (Å²) in [6.07, 6.45) is 1.59. The van der Waals surface area contributed by atoms with E-state index in [1.807, 2.05) is 33.8 Å². The maximum atomic E-state index is 12.7. The van der Waals surface area contributed by atoms with E-state index in [0.29, 0.717) is 12.2 Å². The van der Waals surface area contributed by atoms with E-state index in [9.17, 15) is 9.59 Å². The van der Waals surface area contributed by atoms with Gasteiger partial charge in [-0.1, -0.05) is 27.7 Å². The van der Waals surface area contributed by atoms with Crippen molar-refractivity contribution in [3.05, 3.63) is 24.0 Å². The number of hydrogen-bond acceptors (Lipinski definition) is 4. The van der Waals surface area contributed by atoms with Crippen molar-refractivity contribution in [1.29, 1.82) is 0 Å². The summed E-state index contributed by atoms with van der Waals surface area (Å²) >= 11 is 0. The highest BCUT2D eigenvalue weighted by Crippen LogP contribution is 2.22. The Labute approximate surface area is 124 Å². The number of aromatic nitrogens is 2. The largest absolute Gasteiger partial charge is 0.342 e. The third-order valence-corrected chi connectivity index (χ3v) is 3.71. The summed E-state index contributed by atoms with van der Waals surface area (Å²) in [6.45, 7) is 8.05. The smallest absolute Gasteiger partial charge is 0.246 e. The summed E-state index contributed by atoms with van der Waals surface area (Å²) in [4.78, 5) is 26.7. The molecular formula is C15H22N4O2. The van der Waals surface area contributed by atoms with Gasteiger partial charge in [-0.05, 0) is 24.0 Å². The van der Waals surface area contributed by atoms with Crippen LogP contribution in [0.2, 0.25) is 0 Å². The van der Waals surface area contributed by atoms with E-state index in [0.717, 1.165) is 0 Å². The minimum Gasteiger partial charge on any atom is -0.342 e. The zero-order chi connectivity index (χ0) is 15.6. The maximum absolute atomic E-state index is 12.7. The van der Waals surface area contributed by atoms with Gasteiger partial charge in [-0.3, -0.25) is 9.59 Å². The van der Waals surface area contributed by atoms with Gasteiger partial charge in [-0.15, -0.1) is 0 Å². The van der Waals surface area contributed by atoms with Crippen molar-refractivity contribution in [2.75, 3.05) is 0 Å². The number of nitrogens with zero attached hydrogens (tertiary/aromatic N) is 3. The fourth-order valence-electron chi connectivity index (χ4n) is 2.64. The SMILES string of the molecule is CC(C)C1NC(=O)C(C(C)C)N(Cc2cccnn2)C1=O. The van der Waals surface area contributed by atoms with Crippen molar-refractivity contribution in [3.8, 4) is 0 Å². The Bertz CT molecular complexity index is 516. The second-order valence-electron chi connectivity index (χ2n) is 6.10. The topological polar surface area (TPSA) is 75.2 Å². The Kier molecular flexibility index (Phi) is 4.55. The summed E-state index contributed by atoms with van der Waals surface area (Å²) in [6, 6.07) is 2.66. The fourth-order valence-corrected chi connectivity index (χ4v) is 2.64. The van der Waals surface area contributed by atoms with Crippen LogP contribution in [0.15, 0.2) is 18.3 Å². The molecule has 2 amide bonds. The number of amides is 2. The molecule has 0 saturated carbocycles. The first-order valence-corrected chi connectivity index (χ1v) is 7.29. The van der Waals surface area contributed by atoms with Crippen LogP contribution in [-0.4, -0.2) is 39.0 Å². The molecule has 1 fully saturated rings. The number of nitrogens with one attached hydrogen (secondary N) is 1. The lowest BCUT2D eigenvalue weighted by molar-refractivity contribution is -0.153. The minimum atomic E-state index is -0.468. The second-order valence-corrected chi connectivity index (χ2v) is 6.10. The van der Waals surface area contributed by atoms with Gasteiger partial charge >= 0.3 is 0 Å². The van der Waals surface area contributed by atoms with Crippen LogP contribution in [0.3, 0.4) is 0 Å². The lowest BCUT2D eigenvalue weighted by atomic mass is 9.92. The normalized spacial score (nSPS) is 22.9. The molecule has 114 valence electrons. The van der Waals surface area contributed by atoms with Gasteiger partial charge in [0.15, 0.2) is 0 Å². The summed E-state index contributed by atoms with van der Waals surface area (Å²) in [5, 5.41) is 10.7. The predicted molar refractivity (Wildman–Crippen MR) is 78.0 cm³/mol. The zero-order valence-corrected chi connectivity index (χ0v) is 12.9. The molecule has 6 nitrogen and oxygen atoms in total. The Balaban J connectivity index is 2.30. The summed E-state index contributed by atoms with van der Waals surface area (Å²) in [7, 11) is 0. The quantitative estimate of drug-likeness (QED) is 0.897. The van der Waals surface area contributed by atoms with Crippen molar-refractivity contribution in [2.45, 2.75) is 46.3 Å². The number of carbonyl (C=O) groups excluding carboxylic acids is 2. The average molecular weight is 290 g/mol. The molecule has 2 unspecified atom stereocenters. The van der Waals surface area contributed by atoms with Gasteiger partial charge in [0.1, 0.15) is 12.1 Å². The van der Waals surface area contributed by atoms with E-state index >= 15 is 0 Å². The predicted octanol–water partition coefficient (Wildman–Crippen LogP) is 0.984. The first kappa shape index (κ1) is 15.4. The molecule has 21 heavy (non-hydrogen) atoms. The molecule has 0 aromatic carbocycles. The third-order valence-electron chi connectivity index (χ3n) is 3.71. The fraction of sp³-hybridized carbons (Fsp3) is 0.600. The number of rotatable bonds is 4. The standard InChI is InChI=1S/C15H22N4O2/c1-9(2)12-15(21)19(8-11-6-5-7-16-18-11)13(10(3)4)14(20)17-12/h5-7,9-10,12-13H,8H2,1-4H3,(H,17,20). The molecule has 1 aromatic rings. The molecule has 6 heteroatoms. The molecule has 2 atom stereocenters. The maximum Gasteiger partial charge on any atom is 0.246 e. The van der Waals surface area contributed by atoms with Gasteiger partial charge in [-0.2, -0.15) is 10.2 Å². The van der Waals surface area contributed by atoms with Crippen LogP contribution in [0.1, 0.15) is 33.4 Å². The summed E-state index contributed by atoms with van der Waals surface area (Å²) in [5.41, 5.74) is 0.689. The molecule has 0 spiro atoms. The van der Waals surface area contributed by atoms with Gasteiger partial charge in [0.05, 0.1) is 12.2 Å². The van der Waals surface area contributed by atoms with E-state index in [-0.39, 0.29) is 23.7 Å². The first-order valence-electron chi connectivity index (χ1n) is 7.29. The zero-order valence-electron chi connectivity index (χ0n) is 12.9. The molecule has 1 aliphatic heterocycles. The summed E-state index contributed by atoms with van der Waals surface area (Å²) in [5.74, 6) is -0.0428. The van der Waals surface area contributed by atoms with E-state index in [2.05, 4.69) is 15.5 Å². The van der Waals surface area contributed by atoms with Crippen LogP contribution in [0, 0.1) is 11.8 Å². The molecule has 1 saturated heterocycles.